The first-order valence-corrected chi connectivity index (χ1v) is 9.65. The van der Waals surface area contributed by atoms with Crippen LogP contribution in [0.4, 0.5) is 5.00 Å². The molecule has 0 aliphatic heterocycles. The van der Waals surface area contributed by atoms with E-state index in [0.717, 1.165) is 16.7 Å². The number of nitrogens with one attached hydrogen (secondary N) is 1. The average Bonchev–Trinajstić information content (AvgIpc) is 2.80. The first kappa shape index (κ1) is 18.2. The summed E-state index contributed by atoms with van der Waals surface area (Å²) in [6, 6.07) is 5.60. The summed E-state index contributed by atoms with van der Waals surface area (Å²) < 4.78 is 27.7. The van der Waals surface area contributed by atoms with Crippen molar-refractivity contribution < 1.29 is 22.7 Å². The van der Waals surface area contributed by atoms with E-state index >= 15 is 0 Å². The van der Waals surface area contributed by atoms with Crippen molar-refractivity contribution >= 4 is 38.1 Å². The smallest absolute Gasteiger partial charge is 0.341 e. The van der Waals surface area contributed by atoms with Gasteiger partial charge in [-0.1, -0.05) is 0 Å². The van der Waals surface area contributed by atoms with E-state index in [0.29, 0.717) is 16.1 Å². The summed E-state index contributed by atoms with van der Waals surface area (Å²) in [6.45, 7) is 3.64. The molecule has 2 aromatic rings. The second kappa shape index (κ2) is 6.74. The van der Waals surface area contributed by atoms with Crippen molar-refractivity contribution in [1.29, 1.82) is 0 Å². The van der Waals surface area contributed by atoms with E-state index < -0.39 is 21.7 Å². The fourth-order valence-electron chi connectivity index (χ4n) is 2.09. The van der Waals surface area contributed by atoms with Gasteiger partial charge in [-0.05, 0) is 43.7 Å². The maximum absolute atomic E-state index is 12.4. The van der Waals surface area contributed by atoms with Crippen LogP contribution in [-0.4, -0.2) is 33.7 Å². The van der Waals surface area contributed by atoms with Gasteiger partial charge in [-0.25, -0.2) is 13.2 Å². The van der Waals surface area contributed by atoms with E-state index in [4.69, 9.17) is 4.74 Å². The molecule has 1 heterocycles. The Morgan fingerprint density at radius 1 is 1.12 bits per heavy atom. The largest absolute Gasteiger partial charge is 0.465 e. The standard InChI is InChI=1S/C16H17NO5S2/c1-9-10(2)23-15(13(9)16(19)22-3)17-14(18)11-5-7-12(8-6-11)24(4,20)21/h5-8H,1-4H3,(H,17,18). The normalized spacial score (nSPS) is 11.2. The van der Waals surface area contributed by atoms with Gasteiger partial charge >= 0.3 is 5.97 Å². The summed E-state index contributed by atoms with van der Waals surface area (Å²) in [4.78, 5) is 25.3. The van der Waals surface area contributed by atoms with Gasteiger partial charge in [0, 0.05) is 16.7 Å². The Hall–Kier alpha value is -2.19. The van der Waals surface area contributed by atoms with E-state index in [9.17, 15) is 18.0 Å². The first-order chi connectivity index (χ1) is 11.1. The lowest BCUT2D eigenvalue weighted by molar-refractivity contribution is 0.0601. The topological polar surface area (TPSA) is 89.5 Å². The number of rotatable bonds is 4. The van der Waals surface area contributed by atoms with E-state index in [1.165, 1.54) is 42.7 Å². The molecule has 1 amide bonds. The predicted molar refractivity (Wildman–Crippen MR) is 92.6 cm³/mol. The number of amides is 1. The van der Waals surface area contributed by atoms with Crippen molar-refractivity contribution in [3.05, 3.63) is 45.8 Å². The molecule has 0 unspecified atom stereocenters. The second-order valence-corrected chi connectivity index (χ2v) is 8.47. The third-order valence-electron chi connectivity index (χ3n) is 3.55. The Labute approximate surface area is 144 Å². The van der Waals surface area contributed by atoms with Gasteiger partial charge in [0.2, 0.25) is 0 Å². The lowest BCUT2D eigenvalue weighted by Crippen LogP contribution is -2.14. The maximum Gasteiger partial charge on any atom is 0.341 e. The number of benzene rings is 1. The number of methoxy groups -OCH3 is 1. The highest BCUT2D eigenvalue weighted by Crippen LogP contribution is 2.33. The summed E-state index contributed by atoms with van der Waals surface area (Å²) in [5.74, 6) is -0.943. The minimum atomic E-state index is -3.32. The van der Waals surface area contributed by atoms with E-state index in [2.05, 4.69) is 5.32 Å². The van der Waals surface area contributed by atoms with Crippen LogP contribution in [0, 0.1) is 13.8 Å². The number of hydrogen-bond acceptors (Lipinski definition) is 6. The molecule has 1 aromatic carbocycles. The maximum atomic E-state index is 12.4. The summed E-state index contributed by atoms with van der Waals surface area (Å²) in [7, 11) is -2.04. The quantitative estimate of drug-likeness (QED) is 0.839. The van der Waals surface area contributed by atoms with Crippen molar-refractivity contribution in [2.24, 2.45) is 0 Å². The van der Waals surface area contributed by atoms with Crippen molar-refractivity contribution in [1.82, 2.24) is 0 Å². The Bertz CT molecular complexity index is 895. The van der Waals surface area contributed by atoms with Crippen LogP contribution in [0.5, 0.6) is 0 Å². The monoisotopic (exact) mass is 367 g/mol. The molecule has 0 fully saturated rings. The molecule has 0 saturated heterocycles. The zero-order valence-electron chi connectivity index (χ0n) is 13.7. The summed E-state index contributed by atoms with van der Waals surface area (Å²) in [5.41, 5.74) is 1.39. The third kappa shape index (κ3) is 3.65. The van der Waals surface area contributed by atoms with Crippen LogP contribution < -0.4 is 5.32 Å². The molecule has 0 atom stereocenters. The summed E-state index contributed by atoms with van der Waals surface area (Å²) in [6.07, 6.45) is 1.10. The minimum Gasteiger partial charge on any atom is -0.465 e. The Kier molecular flexibility index (Phi) is 5.10. The van der Waals surface area contributed by atoms with Crippen molar-refractivity contribution in [2.45, 2.75) is 18.7 Å². The van der Waals surface area contributed by atoms with Crippen LogP contribution in [0.1, 0.15) is 31.2 Å². The van der Waals surface area contributed by atoms with Gasteiger partial charge in [-0.2, -0.15) is 0 Å². The average molecular weight is 367 g/mol. The number of carbonyl (C=O) groups excluding carboxylic acids is 2. The van der Waals surface area contributed by atoms with Gasteiger partial charge in [-0.15, -0.1) is 11.3 Å². The highest BCUT2D eigenvalue weighted by molar-refractivity contribution is 7.90. The Morgan fingerprint density at radius 2 is 1.71 bits per heavy atom. The molecule has 0 aliphatic carbocycles. The van der Waals surface area contributed by atoms with Gasteiger partial charge < -0.3 is 10.1 Å². The number of sulfone groups is 1. The highest BCUT2D eigenvalue weighted by Gasteiger charge is 2.22. The molecule has 0 saturated carbocycles. The van der Waals surface area contributed by atoms with Crippen LogP contribution >= 0.6 is 11.3 Å². The molecule has 0 aliphatic rings. The number of esters is 1. The fraction of sp³-hybridized carbons (Fsp3) is 0.250. The zero-order valence-corrected chi connectivity index (χ0v) is 15.3. The highest BCUT2D eigenvalue weighted by atomic mass is 32.2. The van der Waals surface area contributed by atoms with Gasteiger partial charge in [0.1, 0.15) is 5.00 Å². The number of aryl methyl sites for hydroxylation is 1. The lowest BCUT2D eigenvalue weighted by Gasteiger charge is -2.07. The second-order valence-electron chi connectivity index (χ2n) is 5.23. The lowest BCUT2D eigenvalue weighted by atomic mass is 10.1. The third-order valence-corrected chi connectivity index (χ3v) is 5.80. The van der Waals surface area contributed by atoms with Crippen molar-refractivity contribution in [3.63, 3.8) is 0 Å². The number of hydrogen-bond donors (Lipinski definition) is 1. The molecule has 128 valence electrons. The summed E-state index contributed by atoms with van der Waals surface area (Å²) in [5, 5.41) is 3.10. The van der Waals surface area contributed by atoms with Gasteiger partial charge in [0.25, 0.3) is 5.91 Å². The fourth-order valence-corrected chi connectivity index (χ4v) is 3.77. The number of carbonyl (C=O) groups is 2. The zero-order chi connectivity index (χ0) is 18.1. The molecule has 0 bridgehead atoms. The molecule has 24 heavy (non-hydrogen) atoms. The molecule has 1 aromatic heterocycles. The number of thiophene rings is 1. The summed E-state index contributed by atoms with van der Waals surface area (Å²) >= 11 is 1.29. The van der Waals surface area contributed by atoms with Crippen LogP contribution in [0.2, 0.25) is 0 Å². The first-order valence-electron chi connectivity index (χ1n) is 6.95. The van der Waals surface area contributed by atoms with Crippen LogP contribution in [0.3, 0.4) is 0 Å². The van der Waals surface area contributed by atoms with E-state index in [1.807, 2.05) is 6.92 Å². The molecular weight excluding hydrogens is 350 g/mol. The molecule has 0 radical (unpaired) electrons. The van der Waals surface area contributed by atoms with Gasteiger partial charge in [0.15, 0.2) is 9.84 Å². The molecule has 8 heteroatoms. The van der Waals surface area contributed by atoms with E-state index in [-0.39, 0.29) is 4.90 Å². The molecule has 0 spiro atoms. The predicted octanol–water partition coefficient (Wildman–Crippen LogP) is 2.81. The van der Waals surface area contributed by atoms with Crippen LogP contribution in [-0.2, 0) is 14.6 Å². The van der Waals surface area contributed by atoms with E-state index in [1.54, 1.807) is 6.92 Å². The minimum absolute atomic E-state index is 0.136. The molecule has 1 N–H and O–H groups in total. The van der Waals surface area contributed by atoms with Crippen molar-refractivity contribution in [3.8, 4) is 0 Å². The number of anilines is 1. The van der Waals surface area contributed by atoms with Gasteiger partial charge in [0.05, 0.1) is 17.6 Å². The molecule has 2 rings (SSSR count). The van der Waals surface area contributed by atoms with Crippen LogP contribution in [0.25, 0.3) is 0 Å². The Balaban J connectivity index is 2.30. The molecular formula is C16H17NO5S2. The molecule has 6 nitrogen and oxygen atoms in total. The Morgan fingerprint density at radius 3 is 2.21 bits per heavy atom. The number of ether oxygens (including phenoxy) is 1. The SMILES string of the molecule is COC(=O)c1c(NC(=O)c2ccc(S(C)(=O)=O)cc2)sc(C)c1C. The van der Waals surface area contributed by atoms with Gasteiger partial charge in [-0.3, -0.25) is 4.79 Å². The van der Waals surface area contributed by atoms with Crippen molar-refractivity contribution in [2.75, 3.05) is 18.7 Å². The van der Waals surface area contributed by atoms with Crippen LogP contribution in [0.15, 0.2) is 29.2 Å².